The molecule has 8 heteroatoms. The maximum absolute atomic E-state index is 12.4. The molecule has 1 aromatic rings. The van der Waals surface area contributed by atoms with Gasteiger partial charge in [0.05, 0.1) is 7.11 Å². The number of carbonyl (C=O) groups excluding carboxylic acids is 3. The Bertz CT molecular complexity index is 700. The van der Waals surface area contributed by atoms with E-state index in [9.17, 15) is 14.4 Å². The Morgan fingerprint density at radius 2 is 2.08 bits per heavy atom. The Labute approximate surface area is 149 Å². The van der Waals surface area contributed by atoms with Gasteiger partial charge in [-0.1, -0.05) is 24.8 Å². The van der Waals surface area contributed by atoms with Gasteiger partial charge in [0.2, 0.25) is 5.91 Å². The van der Waals surface area contributed by atoms with E-state index in [0.29, 0.717) is 17.1 Å². The van der Waals surface area contributed by atoms with E-state index in [0.717, 1.165) is 0 Å². The normalized spacial score (nSPS) is 24.8. The van der Waals surface area contributed by atoms with E-state index in [4.69, 9.17) is 9.47 Å². The quantitative estimate of drug-likeness (QED) is 0.468. The fraction of sp³-hybridized carbons (Fsp3) is 0.353. The highest BCUT2D eigenvalue weighted by molar-refractivity contribution is 8.00. The number of rotatable bonds is 5. The summed E-state index contributed by atoms with van der Waals surface area (Å²) in [7, 11) is 1.27. The zero-order valence-electron chi connectivity index (χ0n) is 13.6. The Hall–Kier alpha value is -2.48. The molecule has 2 aliphatic rings. The van der Waals surface area contributed by atoms with E-state index in [-0.39, 0.29) is 23.8 Å². The second-order valence-electron chi connectivity index (χ2n) is 5.68. The summed E-state index contributed by atoms with van der Waals surface area (Å²) < 4.78 is 10.1. The summed E-state index contributed by atoms with van der Waals surface area (Å²) in [6, 6.07) is 7.49. The van der Waals surface area contributed by atoms with Crippen LogP contribution in [-0.2, 0) is 19.1 Å². The van der Waals surface area contributed by atoms with Gasteiger partial charge in [0.15, 0.2) is 12.6 Å². The van der Waals surface area contributed by atoms with Crippen molar-refractivity contribution in [3.63, 3.8) is 0 Å². The Morgan fingerprint density at radius 3 is 2.76 bits per heavy atom. The Morgan fingerprint density at radius 1 is 1.36 bits per heavy atom. The van der Waals surface area contributed by atoms with Crippen LogP contribution in [0.3, 0.4) is 0 Å². The van der Waals surface area contributed by atoms with E-state index in [2.05, 4.69) is 11.9 Å². The van der Waals surface area contributed by atoms with Gasteiger partial charge >= 0.3 is 5.97 Å². The summed E-state index contributed by atoms with van der Waals surface area (Å²) in [6.07, 6.45) is 0. The molecule has 7 nitrogen and oxygen atoms in total. The van der Waals surface area contributed by atoms with Crippen molar-refractivity contribution in [1.82, 2.24) is 10.2 Å². The van der Waals surface area contributed by atoms with Crippen LogP contribution in [0.1, 0.15) is 0 Å². The van der Waals surface area contributed by atoms with Gasteiger partial charge in [0.25, 0.3) is 5.91 Å². The average Bonchev–Trinajstić information content (AvgIpc) is 2.64. The van der Waals surface area contributed by atoms with Crippen LogP contribution in [0.15, 0.2) is 42.5 Å². The van der Waals surface area contributed by atoms with Gasteiger partial charge in [0.1, 0.15) is 17.2 Å². The number of esters is 1. The zero-order valence-corrected chi connectivity index (χ0v) is 14.5. The number of methoxy groups -OCH3 is 1. The van der Waals surface area contributed by atoms with Crippen molar-refractivity contribution in [2.24, 2.45) is 0 Å². The first kappa shape index (κ1) is 17.3. The average molecular weight is 362 g/mol. The fourth-order valence-electron chi connectivity index (χ4n) is 2.81. The lowest BCUT2D eigenvalue weighted by Gasteiger charge is -2.52. The highest BCUT2D eigenvalue weighted by atomic mass is 32.2. The van der Waals surface area contributed by atoms with Crippen molar-refractivity contribution in [2.75, 3.05) is 19.5 Å². The van der Waals surface area contributed by atoms with Crippen LogP contribution in [0.4, 0.5) is 0 Å². The molecule has 0 aliphatic carbocycles. The minimum absolute atomic E-state index is 0.182. The summed E-state index contributed by atoms with van der Waals surface area (Å²) in [5.41, 5.74) is 0.624. The molecule has 3 atom stereocenters. The van der Waals surface area contributed by atoms with Gasteiger partial charge < -0.3 is 19.7 Å². The number of fused-ring (bicyclic) bond motifs is 1. The lowest BCUT2D eigenvalue weighted by Crippen LogP contribution is -2.74. The molecule has 0 radical (unpaired) electrons. The molecule has 2 aliphatic heterocycles. The first-order chi connectivity index (χ1) is 12.0. The predicted molar refractivity (Wildman–Crippen MR) is 91.9 cm³/mol. The molecule has 0 saturated carbocycles. The summed E-state index contributed by atoms with van der Waals surface area (Å²) in [5.74, 6) is -0.112. The molecule has 1 aromatic carbocycles. The lowest BCUT2D eigenvalue weighted by molar-refractivity contribution is -0.162. The zero-order chi connectivity index (χ0) is 18.0. The van der Waals surface area contributed by atoms with Gasteiger partial charge in [-0.2, -0.15) is 0 Å². The molecular weight excluding hydrogens is 344 g/mol. The van der Waals surface area contributed by atoms with Crippen molar-refractivity contribution in [1.29, 1.82) is 0 Å². The maximum Gasteiger partial charge on any atom is 0.332 e. The number of amides is 2. The highest BCUT2D eigenvalue weighted by Gasteiger charge is 2.56. The third-order valence-corrected chi connectivity index (χ3v) is 5.42. The number of ether oxygens (including phenoxy) is 2. The number of β-lactam (4-membered cyclic amide) rings is 1. The largest absolute Gasteiger partial charge is 0.484 e. The number of carbonyl (C=O) groups is 3. The van der Waals surface area contributed by atoms with Crippen molar-refractivity contribution in [2.45, 2.75) is 17.5 Å². The summed E-state index contributed by atoms with van der Waals surface area (Å²) in [4.78, 5) is 37.8. The van der Waals surface area contributed by atoms with Gasteiger partial charge in [-0.25, -0.2) is 4.79 Å². The number of hydrogen-bond acceptors (Lipinski definition) is 6. The highest BCUT2D eigenvalue weighted by Crippen LogP contribution is 2.40. The molecule has 0 aromatic heterocycles. The summed E-state index contributed by atoms with van der Waals surface area (Å²) in [6.45, 7) is 3.66. The van der Waals surface area contributed by atoms with Crippen LogP contribution in [0.5, 0.6) is 5.75 Å². The second-order valence-corrected chi connectivity index (χ2v) is 6.78. The molecule has 3 rings (SSSR count). The molecule has 1 N–H and O–H groups in total. The Kier molecular flexibility index (Phi) is 4.98. The van der Waals surface area contributed by atoms with E-state index >= 15 is 0 Å². The van der Waals surface area contributed by atoms with E-state index in [1.165, 1.54) is 23.8 Å². The van der Waals surface area contributed by atoms with Crippen LogP contribution in [0, 0.1) is 0 Å². The molecule has 2 amide bonds. The number of nitrogens with one attached hydrogen (secondary N) is 1. The van der Waals surface area contributed by atoms with Crippen molar-refractivity contribution in [3.8, 4) is 5.75 Å². The maximum atomic E-state index is 12.4. The monoisotopic (exact) mass is 362 g/mol. The molecule has 3 unspecified atom stereocenters. The third-order valence-electron chi connectivity index (χ3n) is 4.04. The predicted octanol–water partition coefficient (Wildman–Crippen LogP) is 0.563. The molecule has 0 spiro atoms. The molecular formula is C17H18N2O5S. The van der Waals surface area contributed by atoms with Gasteiger partial charge in [-0.15, -0.1) is 11.8 Å². The van der Waals surface area contributed by atoms with Gasteiger partial charge in [-0.3, -0.25) is 9.59 Å². The number of para-hydroxylation sites is 1. The smallest absolute Gasteiger partial charge is 0.332 e. The molecule has 2 saturated heterocycles. The minimum Gasteiger partial charge on any atom is -0.484 e. The first-order valence-electron chi connectivity index (χ1n) is 7.69. The SMILES string of the molecule is C=C1CSC2C(NC(=O)COc3ccccc3)C(=O)N2C1C(=O)OC. The molecule has 0 bridgehead atoms. The van der Waals surface area contributed by atoms with Crippen molar-refractivity contribution < 1.29 is 23.9 Å². The Balaban J connectivity index is 1.58. The van der Waals surface area contributed by atoms with Crippen LogP contribution >= 0.6 is 11.8 Å². The van der Waals surface area contributed by atoms with Crippen molar-refractivity contribution in [3.05, 3.63) is 42.5 Å². The number of hydrogen-bond donors (Lipinski definition) is 1. The van der Waals surface area contributed by atoms with Crippen LogP contribution in [-0.4, -0.2) is 59.6 Å². The number of nitrogens with zero attached hydrogens (tertiary/aromatic N) is 1. The van der Waals surface area contributed by atoms with Gasteiger partial charge in [0, 0.05) is 5.75 Å². The van der Waals surface area contributed by atoms with Crippen LogP contribution < -0.4 is 10.1 Å². The van der Waals surface area contributed by atoms with E-state index in [1.54, 1.807) is 24.3 Å². The standard InChI is InChI=1S/C17H18N2O5S/c1-10-9-25-16-13(15(21)19(16)14(10)17(22)23-2)18-12(20)8-24-11-6-4-3-5-7-11/h3-7,13-14,16H,1,8-9H2,2H3,(H,18,20). The minimum atomic E-state index is -0.780. The second kappa shape index (κ2) is 7.18. The summed E-state index contributed by atoms with van der Waals surface area (Å²) in [5, 5.41) is 2.37. The fourth-order valence-corrected chi connectivity index (χ4v) is 4.12. The third kappa shape index (κ3) is 3.34. The lowest BCUT2D eigenvalue weighted by atomic mass is 9.98. The number of benzene rings is 1. The van der Waals surface area contributed by atoms with Crippen LogP contribution in [0.25, 0.3) is 0 Å². The number of thioether (sulfide) groups is 1. The topological polar surface area (TPSA) is 84.9 Å². The van der Waals surface area contributed by atoms with E-state index in [1.807, 2.05) is 6.07 Å². The van der Waals surface area contributed by atoms with Crippen LogP contribution in [0.2, 0.25) is 0 Å². The van der Waals surface area contributed by atoms with Gasteiger partial charge in [-0.05, 0) is 17.7 Å². The van der Waals surface area contributed by atoms with Crippen molar-refractivity contribution >= 4 is 29.5 Å². The first-order valence-corrected chi connectivity index (χ1v) is 8.74. The molecule has 2 fully saturated rings. The summed E-state index contributed by atoms with van der Waals surface area (Å²) >= 11 is 1.46. The molecule has 25 heavy (non-hydrogen) atoms. The molecule has 2 heterocycles. The molecule has 132 valence electrons. The van der Waals surface area contributed by atoms with E-state index < -0.39 is 18.1 Å².